The van der Waals surface area contributed by atoms with Gasteiger partial charge in [0.2, 0.25) is 0 Å². The first-order valence-corrected chi connectivity index (χ1v) is 19.4. The van der Waals surface area contributed by atoms with Crippen molar-refractivity contribution >= 4 is 35.9 Å². The van der Waals surface area contributed by atoms with Crippen molar-refractivity contribution in [2.24, 2.45) is 0 Å². The van der Waals surface area contributed by atoms with Crippen molar-refractivity contribution in [3.05, 3.63) is 154 Å². The molecule has 5 rings (SSSR count). The fourth-order valence-corrected chi connectivity index (χ4v) is 6.35. The van der Waals surface area contributed by atoms with E-state index >= 15 is 0 Å². The topological polar surface area (TPSA) is 150 Å². The molecule has 1 aliphatic heterocycles. The number of hydrogen-bond donors (Lipinski definition) is 0. The largest absolute Gasteiger partial charge is 0.480 e. The molecule has 1 aliphatic rings. The number of allylic oxidation sites excluding steroid dienone is 2. The van der Waals surface area contributed by atoms with Gasteiger partial charge in [0.05, 0.1) is 24.3 Å². The first-order chi connectivity index (χ1) is 28.2. The number of hydrogen-bond acceptors (Lipinski definition) is 10. The minimum atomic E-state index is -0.911. The fraction of sp³-hybridized carbons (Fsp3) is 0.271. The van der Waals surface area contributed by atoms with E-state index in [0.29, 0.717) is 41.4 Å². The molecule has 0 saturated carbocycles. The average Bonchev–Trinajstić information content (AvgIpc) is 3.81. The van der Waals surface area contributed by atoms with Gasteiger partial charge in [-0.25, -0.2) is 9.59 Å². The lowest BCUT2D eigenvalue weighted by molar-refractivity contribution is 0.0489. The molecule has 1 aromatic heterocycles. The van der Waals surface area contributed by atoms with Crippen LogP contribution in [-0.4, -0.2) is 43.8 Å². The summed E-state index contributed by atoms with van der Waals surface area (Å²) in [5, 5.41) is 28.4. The van der Waals surface area contributed by atoms with E-state index in [9.17, 15) is 25.4 Å². The Balaban J connectivity index is 1.16. The summed E-state index contributed by atoms with van der Waals surface area (Å²) in [6.45, 7) is 5.99. The van der Waals surface area contributed by atoms with Crippen molar-refractivity contribution in [2.75, 3.05) is 31.2 Å². The van der Waals surface area contributed by atoms with Crippen molar-refractivity contribution < 1.29 is 28.2 Å². The molecule has 0 spiro atoms. The highest BCUT2D eigenvalue weighted by molar-refractivity contribution is 5.89. The number of anilines is 1. The molecule has 294 valence electrons. The number of esters is 2. The second-order valence-electron chi connectivity index (χ2n) is 14.1. The van der Waals surface area contributed by atoms with Crippen molar-refractivity contribution in [3.8, 4) is 18.2 Å². The van der Waals surface area contributed by atoms with Crippen LogP contribution in [0.4, 0.5) is 5.69 Å². The summed E-state index contributed by atoms with van der Waals surface area (Å²) in [6, 6.07) is 35.7. The monoisotopic (exact) mass is 774 g/mol. The summed E-state index contributed by atoms with van der Waals surface area (Å²) in [5.74, 6) is 0.593. The van der Waals surface area contributed by atoms with Gasteiger partial charge in [-0.05, 0) is 125 Å². The first kappa shape index (κ1) is 42.1. The normalized spacial score (nSPS) is 13.1. The summed E-state index contributed by atoms with van der Waals surface area (Å²) >= 11 is 0. The highest BCUT2D eigenvalue weighted by Gasteiger charge is 2.38. The summed E-state index contributed by atoms with van der Waals surface area (Å²) < 4.78 is 22.8. The minimum absolute atomic E-state index is 0.00708. The molecule has 4 aromatic rings. The Hall–Kier alpha value is -7.09. The second-order valence-corrected chi connectivity index (χ2v) is 14.1. The number of nitrogens with zero attached hydrogens (tertiary/aromatic N) is 4. The average molecular weight is 775 g/mol. The van der Waals surface area contributed by atoms with E-state index in [2.05, 4.69) is 35.2 Å². The Bertz CT molecular complexity index is 2180. The third kappa shape index (κ3) is 12.0. The van der Waals surface area contributed by atoms with E-state index in [1.54, 1.807) is 62.4 Å². The zero-order chi connectivity index (χ0) is 41.2. The third-order valence-electron chi connectivity index (χ3n) is 9.45. The van der Waals surface area contributed by atoms with Crippen molar-refractivity contribution in [2.45, 2.75) is 58.0 Å². The van der Waals surface area contributed by atoms with Crippen molar-refractivity contribution in [1.82, 2.24) is 0 Å². The van der Waals surface area contributed by atoms with Gasteiger partial charge in [0.15, 0.2) is 11.3 Å². The molecule has 0 amide bonds. The quantitative estimate of drug-likeness (QED) is 0.0512. The standard InChI is InChI=1S/C48H46N4O6/c1-48(2)44(43(35-51)45(58-48)39(33-49)34-50)28-27-42-26-25-41(57-42)24-21-36-19-22-40(23-20-36)52(29-11-5-13-31-55-46(53)37-15-7-3-8-16-37)30-12-6-14-32-56-47(54)38-17-9-4-10-18-38/h3-4,7-10,15-28H,5-6,11-14,29-32H2,1-2H3/b24-21+,28-27+. The van der Waals surface area contributed by atoms with Gasteiger partial charge < -0.3 is 23.5 Å². The number of carbonyl (C=O) groups excluding carboxylic acids is 2. The van der Waals surface area contributed by atoms with Crippen LogP contribution in [-0.2, 0) is 14.2 Å². The van der Waals surface area contributed by atoms with Crippen LogP contribution < -0.4 is 4.90 Å². The summed E-state index contributed by atoms with van der Waals surface area (Å²) in [7, 11) is 0. The van der Waals surface area contributed by atoms with Crippen LogP contribution in [0.15, 0.2) is 130 Å². The molecule has 0 radical (unpaired) electrons. The number of furan rings is 1. The van der Waals surface area contributed by atoms with Crippen LogP contribution in [0.5, 0.6) is 0 Å². The van der Waals surface area contributed by atoms with Gasteiger partial charge in [0, 0.05) is 24.4 Å². The zero-order valence-corrected chi connectivity index (χ0v) is 32.9. The molecule has 10 heteroatoms. The highest BCUT2D eigenvalue weighted by atomic mass is 16.5. The Morgan fingerprint density at radius 2 is 1.17 bits per heavy atom. The smallest absolute Gasteiger partial charge is 0.338 e. The van der Waals surface area contributed by atoms with E-state index in [-0.39, 0.29) is 28.8 Å². The van der Waals surface area contributed by atoms with Crippen LogP contribution in [0.25, 0.3) is 18.2 Å². The Labute approximate surface area is 340 Å². The lowest BCUT2D eigenvalue weighted by Gasteiger charge is -2.25. The molecule has 0 unspecified atom stereocenters. The van der Waals surface area contributed by atoms with Crippen LogP contribution in [0.2, 0.25) is 0 Å². The number of benzene rings is 3. The second kappa shape index (κ2) is 21.3. The van der Waals surface area contributed by atoms with Crippen LogP contribution >= 0.6 is 0 Å². The van der Waals surface area contributed by atoms with Crippen LogP contribution in [0.1, 0.15) is 90.2 Å². The Kier molecular flexibility index (Phi) is 15.4. The van der Waals surface area contributed by atoms with Gasteiger partial charge in [-0.15, -0.1) is 0 Å². The lowest BCUT2D eigenvalue weighted by atomic mass is 9.94. The highest BCUT2D eigenvalue weighted by Crippen LogP contribution is 2.40. The van der Waals surface area contributed by atoms with E-state index < -0.39 is 5.60 Å². The summed E-state index contributed by atoms with van der Waals surface area (Å²) in [4.78, 5) is 26.9. The van der Waals surface area contributed by atoms with Gasteiger partial charge in [-0.3, -0.25) is 0 Å². The van der Waals surface area contributed by atoms with Gasteiger partial charge >= 0.3 is 11.9 Å². The molecule has 0 bridgehead atoms. The summed E-state index contributed by atoms with van der Waals surface area (Å²) in [5.41, 5.74) is 2.75. The Morgan fingerprint density at radius 1 is 0.655 bits per heavy atom. The number of carbonyl (C=O) groups is 2. The lowest BCUT2D eigenvalue weighted by Crippen LogP contribution is -2.25. The number of rotatable bonds is 19. The molecule has 3 aromatic carbocycles. The molecule has 10 nitrogen and oxygen atoms in total. The Morgan fingerprint density at radius 3 is 1.67 bits per heavy atom. The molecule has 0 aliphatic carbocycles. The molecular formula is C48H46N4O6. The van der Waals surface area contributed by atoms with E-state index in [1.165, 1.54) is 0 Å². The van der Waals surface area contributed by atoms with Crippen molar-refractivity contribution in [1.29, 1.82) is 15.8 Å². The van der Waals surface area contributed by atoms with Gasteiger partial charge in [0.25, 0.3) is 0 Å². The molecule has 0 saturated heterocycles. The van der Waals surface area contributed by atoms with Crippen LogP contribution in [0.3, 0.4) is 0 Å². The van der Waals surface area contributed by atoms with Gasteiger partial charge in [-0.1, -0.05) is 54.6 Å². The van der Waals surface area contributed by atoms with Crippen molar-refractivity contribution in [3.63, 3.8) is 0 Å². The summed E-state index contributed by atoms with van der Waals surface area (Å²) in [6.07, 6.45) is 12.6. The SMILES string of the molecule is CC1(C)OC(=C(C#N)C#N)C(C#N)=C1/C=C/c1ccc(/C=C/c2ccc(N(CCCCCOC(=O)c3ccccc3)CCCCCOC(=O)c3ccccc3)cc2)o1. The molecule has 0 atom stereocenters. The number of nitriles is 3. The molecule has 2 heterocycles. The number of unbranched alkanes of at least 4 members (excludes halogenated alkanes) is 4. The predicted molar refractivity (Wildman–Crippen MR) is 223 cm³/mol. The molecule has 0 fully saturated rings. The fourth-order valence-electron chi connectivity index (χ4n) is 6.35. The van der Waals surface area contributed by atoms with E-state index in [1.807, 2.05) is 60.7 Å². The van der Waals surface area contributed by atoms with Crippen LogP contribution in [0, 0.1) is 34.0 Å². The zero-order valence-electron chi connectivity index (χ0n) is 32.9. The van der Waals surface area contributed by atoms with E-state index in [0.717, 1.165) is 62.9 Å². The first-order valence-electron chi connectivity index (χ1n) is 19.4. The predicted octanol–water partition coefficient (Wildman–Crippen LogP) is 10.3. The maximum absolute atomic E-state index is 12.3. The molecule has 58 heavy (non-hydrogen) atoms. The minimum Gasteiger partial charge on any atom is -0.480 e. The maximum Gasteiger partial charge on any atom is 0.338 e. The van der Waals surface area contributed by atoms with Gasteiger partial charge in [-0.2, -0.15) is 15.8 Å². The molecular weight excluding hydrogens is 729 g/mol. The maximum atomic E-state index is 12.3. The van der Waals surface area contributed by atoms with E-state index in [4.69, 9.17) is 18.6 Å². The molecule has 0 N–H and O–H groups in total. The number of ether oxygens (including phenoxy) is 3. The van der Waals surface area contributed by atoms with Gasteiger partial charge in [0.1, 0.15) is 40.9 Å². The third-order valence-corrected chi connectivity index (χ3v) is 9.45.